The summed E-state index contributed by atoms with van der Waals surface area (Å²) >= 11 is 0. The van der Waals surface area contributed by atoms with E-state index in [1.807, 2.05) is 31.3 Å². The summed E-state index contributed by atoms with van der Waals surface area (Å²) in [6.07, 6.45) is 5.36. The first-order valence-electron chi connectivity index (χ1n) is 7.73. The Morgan fingerprint density at radius 1 is 1.00 bits per heavy atom. The van der Waals surface area contributed by atoms with Crippen molar-refractivity contribution >= 4 is 0 Å². The summed E-state index contributed by atoms with van der Waals surface area (Å²) in [6, 6.07) is 1.23. The van der Waals surface area contributed by atoms with Crippen LogP contribution in [0.4, 0.5) is 0 Å². The molecule has 0 aromatic carbocycles. The number of aliphatic hydroxyl groups is 1. The van der Waals surface area contributed by atoms with Gasteiger partial charge in [0.1, 0.15) is 0 Å². The smallest absolute Gasteiger partial charge is 0.0971 e. The number of rotatable bonds is 7. The van der Waals surface area contributed by atoms with Crippen molar-refractivity contribution in [1.82, 2.24) is 15.4 Å². The Bertz CT molecular complexity index is 338. The second-order valence-electron chi connectivity index (χ2n) is 6.43. The standard InChI is InChI=1S/C14H27N3O3/c1-15-11-8-14(11)20-17(3)12-4-5-13(12)19-16(2)9-6-10(18)7-9/h9-15,18H,4-8H2,1-3H3. The quantitative estimate of drug-likeness (QED) is 0.649. The van der Waals surface area contributed by atoms with Crippen LogP contribution in [0.2, 0.25) is 0 Å². The number of aliphatic hydroxyl groups excluding tert-OH is 1. The van der Waals surface area contributed by atoms with Gasteiger partial charge in [0.05, 0.1) is 24.4 Å². The molecule has 4 atom stereocenters. The van der Waals surface area contributed by atoms with Crippen molar-refractivity contribution in [1.29, 1.82) is 0 Å². The lowest BCUT2D eigenvalue weighted by molar-refractivity contribution is -0.295. The first-order valence-corrected chi connectivity index (χ1v) is 7.73. The van der Waals surface area contributed by atoms with Crippen LogP contribution in [0.15, 0.2) is 0 Å². The van der Waals surface area contributed by atoms with Crippen LogP contribution < -0.4 is 5.32 Å². The van der Waals surface area contributed by atoms with Crippen LogP contribution >= 0.6 is 0 Å². The van der Waals surface area contributed by atoms with Crippen LogP contribution in [0, 0.1) is 0 Å². The van der Waals surface area contributed by atoms with Gasteiger partial charge in [-0.25, -0.2) is 0 Å². The lowest BCUT2D eigenvalue weighted by atomic mass is 9.88. The first kappa shape index (κ1) is 14.7. The van der Waals surface area contributed by atoms with E-state index in [0.717, 1.165) is 32.1 Å². The maximum absolute atomic E-state index is 9.35. The number of likely N-dealkylation sites (N-methyl/N-ethyl adjacent to an activating group) is 2. The fourth-order valence-corrected chi connectivity index (χ4v) is 3.03. The zero-order chi connectivity index (χ0) is 14.3. The van der Waals surface area contributed by atoms with Crippen molar-refractivity contribution in [3.05, 3.63) is 0 Å². The number of hydroxylamine groups is 4. The van der Waals surface area contributed by atoms with Crippen LogP contribution in [0.25, 0.3) is 0 Å². The minimum atomic E-state index is -0.136. The fourth-order valence-electron chi connectivity index (χ4n) is 3.03. The molecule has 0 saturated heterocycles. The molecule has 0 heterocycles. The van der Waals surface area contributed by atoms with Gasteiger partial charge >= 0.3 is 0 Å². The third kappa shape index (κ3) is 3.00. The van der Waals surface area contributed by atoms with Crippen molar-refractivity contribution in [3.63, 3.8) is 0 Å². The molecule has 6 nitrogen and oxygen atoms in total. The van der Waals surface area contributed by atoms with Gasteiger partial charge in [-0.2, -0.15) is 10.1 Å². The van der Waals surface area contributed by atoms with Gasteiger partial charge in [-0.1, -0.05) is 0 Å². The van der Waals surface area contributed by atoms with Gasteiger partial charge in [0.25, 0.3) is 0 Å². The average molecular weight is 285 g/mol. The van der Waals surface area contributed by atoms with Gasteiger partial charge in [-0.15, -0.1) is 0 Å². The topological polar surface area (TPSA) is 57.2 Å². The van der Waals surface area contributed by atoms with Crippen LogP contribution in [-0.2, 0) is 9.68 Å². The highest BCUT2D eigenvalue weighted by Crippen LogP contribution is 2.34. The second-order valence-corrected chi connectivity index (χ2v) is 6.43. The van der Waals surface area contributed by atoms with Crippen LogP contribution in [0.3, 0.4) is 0 Å². The Kier molecular flexibility index (Phi) is 4.31. The van der Waals surface area contributed by atoms with Crippen LogP contribution in [-0.4, -0.2) is 72.8 Å². The number of nitrogens with one attached hydrogen (secondary N) is 1. The molecule has 0 bridgehead atoms. The molecule has 20 heavy (non-hydrogen) atoms. The van der Waals surface area contributed by atoms with Gasteiger partial charge in [-0.3, -0.25) is 9.68 Å². The van der Waals surface area contributed by atoms with Gasteiger partial charge in [-0.05, 0) is 39.2 Å². The molecular formula is C14H27N3O3. The molecule has 0 aromatic rings. The molecule has 0 amide bonds. The molecule has 3 aliphatic rings. The fraction of sp³-hybridized carbons (Fsp3) is 1.00. The molecule has 0 aliphatic heterocycles. The Hall–Kier alpha value is -0.240. The van der Waals surface area contributed by atoms with Crippen molar-refractivity contribution in [2.24, 2.45) is 0 Å². The van der Waals surface area contributed by atoms with E-state index in [2.05, 4.69) is 5.32 Å². The summed E-state index contributed by atoms with van der Waals surface area (Å²) in [6.45, 7) is 0. The Morgan fingerprint density at radius 2 is 1.70 bits per heavy atom. The summed E-state index contributed by atoms with van der Waals surface area (Å²) in [7, 11) is 5.97. The summed E-state index contributed by atoms with van der Waals surface area (Å²) in [5, 5.41) is 16.5. The SMILES string of the molecule is CNC1CC1ON(C)C1CCC1ON(C)C1CC(O)C1. The van der Waals surface area contributed by atoms with Crippen molar-refractivity contribution in [3.8, 4) is 0 Å². The molecule has 3 fully saturated rings. The lowest BCUT2D eigenvalue weighted by Gasteiger charge is -2.46. The summed E-state index contributed by atoms with van der Waals surface area (Å²) < 4.78 is 0. The highest BCUT2D eigenvalue weighted by Gasteiger charge is 2.44. The van der Waals surface area contributed by atoms with Gasteiger partial charge in [0, 0.05) is 26.2 Å². The van der Waals surface area contributed by atoms with Crippen molar-refractivity contribution < 1.29 is 14.8 Å². The van der Waals surface area contributed by atoms with Crippen molar-refractivity contribution in [2.75, 3.05) is 21.1 Å². The molecule has 0 spiro atoms. The van der Waals surface area contributed by atoms with Crippen molar-refractivity contribution in [2.45, 2.75) is 68.5 Å². The first-order chi connectivity index (χ1) is 9.58. The largest absolute Gasteiger partial charge is 0.393 e. The Balaban J connectivity index is 1.40. The Morgan fingerprint density at radius 3 is 2.20 bits per heavy atom. The second kappa shape index (κ2) is 5.87. The number of nitrogens with zero attached hydrogens (tertiary/aromatic N) is 2. The van der Waals surface area contributed by atoms with E-state index >= 15 is 0 Å². The summed E-state index contributed by atoms with van der Waals surface area (Å²) in [5.41, 5.74) is 0. The van der Waals surface area contributed by atoms with E-state index < -0.39 is 0 Å². The maximum Gasteiger partial charge on any atom is 0.0971 e. The lowest BCUT2D eigenvalue weighted by Crippen LogP contribution is -2.55. The molecule has 116 valence electrons. The van der Waals surface area contributed by atoms with Gasteiger partial charge in [0.2, 0.25) is 0 Å². The molecule has 6 heteroatoms. The van der Waals surface area contributed by atoms with Crippen LogP contribution in [0.5, 0.6) is 0 Å². The molecule has 0 radical (unpaired) electrons. The molecular weight excluding hydrogens is 258 g/mol. The monoisotopic (exact) mass is 285 g/mol. The van der Waals surface area contributed by atoms with E-state index in [9.17, 15) is 5.11 Å². The molecule has 3 saturated carbocycles. The number of hydrogen-bond donors (Lipinski definition) is 2. The minimum absolute atomic E-state index is 0.136. The normalized spacial score (nSPS) is 43.5. The van der Waals surface area contributed by atoms with Crippen LogP contribution in [0.1, 0.15) is 32.1 Å². The predicted octanol–water partition coefficient (Wildman–Crippen LogP) is 0.128. The van der Waals surface area contributed by atoms with E-state index in [-0.39, 0.29) is 12.2 Å². The third-order valence-electron chi connectivity index (χ3n) is 4.95. The zero-order valence-corrected chi connectivity index (χ0v) is 12.7. The van der Waals surface area contributed by atoms with E-state index in [1.54, 1.807) is 0 Å². The third-order valence-corrected chi connectivity index (χ3v) is 4.95. The maximum atomic E-state index is 9.35. The zero-order valence-electron chi connectivity index (χ0n) is 12.7. The highest BCUT2D eigenvalue weighted by atomic mass is 16.7. The summed E-state index contributed by atoms with van der Waals surface area (Å²) in [4.78, 5) is 11.9. The van der Waals surface area contributed by atoms with E-state index in [0.29, 0.717) is 24.2 Å². The minimum Gasteiger partial charge on any atom is -0.393 e. The molecule has 3 aliphatic carbocycles. The van der Waals surface area contributed by atoms with E-state index in [1.165, 1.54) is 0 Å². The summed E-state index contributed by atoms with van der Waals surface area (Å²) in [5.74, 6) is 0. The van der Waals surface area contributed by atoms with E-state index in [4.69, 9.17) is 9.68 Å². The predicted molar refractivity (Wildman–Crippen MR) is 74.8 cm³/mol. The Labute approximate surface area is 120 Å². The molecule has 2 N–H and O–H groups in total. The molecule has 0 aromatic heterocycles. The molecule has 3 rings (SSSR count). The number of hydrogen-bond acceptors (Lipinski definition) is 6. The van der Waals surface area contributed by atoms with Gasteiger partial charge < -0.3 is 10.4 Å². The molecule has 4 unspecified atom stereocenters. The highest BCUT2D eigenvalue weighted by molar-refractivity contribution is 4.95. The average Bonchev–Trinajstić information content (AvgIpc) is 3.08. The van der Waals surface area contributed by atoms with Gasteiger partial charge in [0.15, 0.2) is 0 Å².